The highest BCUT2D eigenvalue weighted by atomic mass is 19.1. The van der Waals surface area contributed by atoms with Crippen LogP contribution >= 0.6 is 0 Å². The van der Waals surface area contributed by atoms with Crippen LogP contribution in [0.25, 0.3) is 6.08 Å². The highest BCUT2D eigenvalue weighted by Gasteiger charge is 2.29. The molecule has 1 amide bonds. The molecule has 2 aliphatic rings. The number of likely N-dealkylation sites (tertiary alicyclic amines) is 2. The summed E-state index contributed by atoms with van der Waals surface area (Å²) in [5.41, 5.74) is 0.661. The molecule has 1 aromatic carbocycles. The van der Waals surface area contributed by atoms with Crippen molar-refractivity contribution in [2.45, 2.75) is 31.7 Å². The molecule has 0 N–H and O–H groups in total. The van der Waals surface area contributed by atoms with Crippen molar-refractivity contribution in [1.82, 2.24) is 9.80 Å². The molecule has 24 heavy (non-hydrogen) atoms. The molecular weight excluding hydrogens is 305 g/mol. The summed E-state index contributed by atoms with van der Waals surface area (Å²) in [5, 5.41) is 8.87. The third kappa shape index (κ3) is 3.82. The van der Waals surface area contributed by atoms with Crippen LogP contribution in [-0.4, -0.2) is 47.9 Å². The topological polar surface area (TPSA) is 47.3 Å². The van der Waals surface area contributed by atoms with Gasteiger partial charge in [-0.1, -0.05) is 6.07 Å². The molecule has 4 nitrogen and oxygen atoms in total. The van der Waals surface area contributed by atoms with E-state index >= 15 is 0 Å². The fraction of sp³-hybridized carbons (Fsp3) is 0.474. The minimum atomic E-state index is -0.536. The van der Waals surface area contributed by atoms with E-state index in [-0.39, 0.29) is 11.5 Å². The Kier molecular flexibility index (Phi) is 5.27. The van der Waals surface area contributed by atoms with E-state index < -0.39 is 5.82 Å². The average molecular weight is 327 g/mol. The van der Waals surface area contributed by atoms with Crippen LogP contribution in [0.4, 0.5) is 4.39 Å². The van der Waals surface area contributed by atoms with Crippen LogP contribution < -0.4 is 0 Å². The van der Waals surface area contributed by atoms with E-state index in [4.69, 9.17) is 5.26 Å². The summed E-state index contributed by atoms with van der Waals surface area (Å²) in [6.07, 6.45) is 7.82. The molecule has 1 aromatic rings. The normalized spacial score (nSPS) is 21.5. The Bertz CT molecular complexity index is 674. The van der Waals surface area contributed by atoms with Crippen molar-refractivity contribution in [3.05, 3.63) is 41.2 Å². The first-order valence-corrected chi connectivity index (χ1v) is 8.58. The summed E-state index contributed by atoms with van der Waals surface area (Å²) in [4.78, 5) is 16.9. The molecular formula is C19H22FN3O. The zero-order valence-corrected chi connectivity index (χ0v) is 13.7. The van der Waals surface area contributed by atoms with Gasteiger partial charge in [-0.15, -0.1) is 0 Å². The van der Waals surface area contributed by atoms with Gasteiger partial charge in [0, 0.05) is 25.2 Å². The predicted molar refractivity (Wildman–Crippen MR) is 90.6 cm³/mol. The monoisotopic (exact) mass is 327 g/mol. The van der Waals surface area contributed by atoms with Gasteiger partial charge in [-0.05, 0) is 62.5 Å². The molecule has 0 aromatic heterocycles. The van der Waals surface area contributed by atoms with Crippen molar-refractivity contribution in [2.24, 2.45) is 0 Å². The molecule has 0 bridgehead atoms. The van der Waals surface area contributed by atoms with Gasteiger partial charge < -0.3 is 9.80 Å². The van der Waals surface area contributed by atoms with Crippen molar-refractivity contribution in [3.63, 3.8) is 0 Å². The predicted octanol–water partition coefficient (Wildman–Crippen LogP) is 2.80. The summed E-state index contributed by atoms with van der Waals surface area (Å²) >= 11 is 0. The van der Waals surface area contributed by atoms with E-state index in [0.29, 0.717) is 11.6 Å². The maximum atomic E-state index is 13.3. The molecule has 2 heterocycles. The van der Waals surface area contributed by atoms with Gasteiger partial charge in [-0.2, -0.15) is 5.26 Å². The van der Waals surface area contributed by atoms with Crippen LogP contribution in [-0.2, 0) is 4.79 Å². The van der Waals surface area contributed by atoms with Crippen molar-refractivity contribution in [1.29, 1.82) is 5.26 Å². The maximum Gasteiger partial charge on any atom is 0.246 e. The molecule has 3 rings (SSSR count). The fourth-order valence-corrected chi connectivity index (χ4v) is 3.57. The van der Waals surface area contributed by atoms with E-state index in [2.05, 4.69) is 4.90 Å². The standard InChI is InChI=1S/C19H22FN3O/c20-18-7-5-15(12-16(18)13-21)6-8-19(24)23-11-3-4-17(23)14-22-9-1-2-10-22/h5-8,12,17H,1-4,9-11,14H2/b8-6+/t17-/m0/s1. The van der Waals surface area contributed by atoms with Gasteiger partial charge in [0.25, 0.3) is 0 Å². The molecule has 2 aliphatic heterocycles. The van der Waals surface area contributed by atoms with Crippen LogP contribution in [0.2, 0.25) is 0 Å². The molecule has 0 aliphatic carbocycles. The van der Waals surface area contributed by atoms with Crippen molar-refractivity contribution in [3.8, 4) is 6.07 Å². The Hall–Kier alpha value is -2.19. The largest absolute Gasteiger partial charge is 0.335 e. The van der Waals surface area contributed by atoms with Crippen LogP contribution in [0, 0.1) is 17.1 Å². The van der Waals surface area contributed by atoms with Crippen LogP contribution in [0.5, 0.6) is 0 Å². The number of nitriles is 1. The number of rotatable bonds is 4. The molecule has 1 atom stereocenters. The Balaban J connectivity index is 1.63. The lowest BCUT2D eigenvalue weighted by Gasteiger charge is -2.27. The highest BCUT2D eigenvalue weighted by Crippen LogP contribution is 2.21. The Morgan fingerprint density at radius 1 is 1.29 bits per heavy atom. The van der Waals surface area contributed by atoms with E-state index in [1.54, 1.807) is 12.1 Å². The summed E-state index contributed by atoms with van der Waals surface area (Å²) < 4.78 is 13.3. The molecule has 2 fully saturated rings. The van der Waals surface area contributed by atoms with E-state index in [1.807, 2.05) is 11.0 Å². The van der Waals surface area contributed by atoms with Gasteiger partial charge in [-0.3, -0.25) is 4.79 Å². The average Bonchev–Trinajstić information content (AvgIpc) is 3.26. The number of nitrogens with zero attached hydrogens (tertiary/aromatic N) is 3. The maximum absolute atomic E-state index is 13.3. The minimum absolute atomic E-state index is 0.000436. The molecule has 5 heteroatoms. The zero-order valence-electron chi connectivity index (χ0n) is 13.7. The summed E-state index contributed by atoms with van der Waals surface area (Å²) in [6.45, 7) is 4.05. The minimum Gasteiger partial charge on any atom is -0.335 e. The van der Waals surface area contributed by atoms with Gasteiger partial charge in [0.15, 0.2) is 0 Å². The third-order valence-corrected chi connectivity index (χ3v) is 4.86. The Morgan fingerprint density at radius 3 is 2.83 bits per heavy atom. The highest BCUT2D eigenvalue weighted by molar-refractivity contribution is 5.92. The lowest BCUT2D eigenvalue weighted by Crippen LogP contribution is -2.41. The summed E-state index contributed by atoms with van der Waals surface area (Å²) in [5.74, 6) is -0.536. The molecule has 0 saturated carbocycles. The lowest BCUT2D eigenvalue weighted by atomic mass is 10.1. The lowest BCUT2D eigenvalue weighted by molar-refractivity contribution is -0.127. The molecule has 126 valence electrons. The van der Waals surface area contributed by atoms with Gasteiger partial charge in [0.2, 0.25) is 5.91 Å². The molecule has 0 spiro atoms. The van der Waals surface area contributed by atoms with E-state index in [9.17, 15) is 9.18 Å². The SMILES string of the molecule is N#Cc1cc(/C=C/C(=O)N2CCC[C@H]2CN2CCCC2)ccc1F. The summed E-state index contributed by atoms with van der Waals surface area (Å²) in [6, 6.07) is 6.41. The van der Waals surface area contributed by atoms with Crippen LogP contribution in [0.15, 0.2) is 24.3 Å². The number of amides is 1. The first kappa shape index (κ1) is 16.7. The van der Waals surface area contributed by atoms with Crippen LogP contribution in [0.3, 0.4) is 0 Å². The van der Waals surface area contributed by atoms with E-state index in [0.717, 1.165) is 39.0 Å². The van der Waals surface area contributed by atoms with Gasteiger partial charge in [0.05, 0.1) is 5.56 Å². The van der Waals surface area contributed by atoms with Gasteiger partial charge in [0.1, 0.15) is 11.9 Å². The van der Waals surface area contributed by atoms with Gasteiger partial charge in [-0.25, -0.2) is 4.39 Å². The first-order valence-electron chi connectivity index (χ1n) is 8.58. The Morgan fingerprint density at radius 2 is 2.08 bits per heavy atom. The number of benzene rings is 1. The zero-order chi connectivity index (χ0) is 16.9. The fourth-order valence-electron chi connectivity index (χ4n) is 3.57. The third-order valence-electron chi connectivity index (χ3n) is 4.86. The second-order valence-corrected chi connectivity index (χ2v) is 6.52. The molecule has 2 saturated heterocycles. The van der Waals surface area contributed by atoms with Gasteiger partial charge >= 0.3 is 0 Å². The summed E-state index contributed by atoms with van der Waals surface area (Å²) in [7, 11) is 0. The Labute approximate surface area is 142 Å². The van der Waals surface area contributed by atoms with E-state index in [1.165, 1.54) is 31.1 Å². The van der Waals surface area contributed by atoms with Crippen LogP contribution in [0.1, 0.15) is 36.8 Å². The van der Waals surface area contributed by atoms with Crippen molar-refractivity contribution < 1.29 is 9.18 Å². The van der Waals surface area contributed by atoms with Crippen molar-refractivity contribution >= 4 is 12.0 Å². The number of hydrogen-bond donors (Lipinski definition) is 0. The van der Waals surface area contributed by atoms with Crippen molar-refractivity contribution in [2.75, 3.05) is 26.2 Å². The number of halogens is 1. The quantitative estimate of drug-likeness (QED) is 0.799. The smallest absolute Gasteiger partial charge is 0.246 e. The second kappa shape index (κ2) is 7.59. The number of carbonyl (C=O) groups is 1. The number of hydrogen-bond acceptors (Lipinski definition) is 3. The second-order valence-electron chi connectivity index (χ2n) is 6.52. The number of carbonyl (C=O) groups excluding carboxylic acids is 1. The molecule has 0 unspecified atom stereocenters. The molecule has 0 radical (unpaired) electrons. The first-order chi connectivity index (χ1) is 11.7.